The van der Waals surface area contributed by atoms with Gasteiger partial charge in [0.05, 0.1) is 6.61 Å². The molecule has 1 aliphatic carbocycles. The molecule has 94 valence electrons. The Balaban J connectivity index is 2.26. The number of carbonyl (C=O) groups excluding carboxylic acids is 1. The minimum absolute atomic E-state index is 0.0572. The molecule has 0 radical (unpaired) electrons. The summed E-state index contributed by atoms with van der Waals surface area (Å²) in [6.45, 7) is 7.52. The number of aliphatic hydroxyl groups is 1. The van der Waals surface area contributed by atoms with Gasteiger partial charge in [0, 0.05) is 31.1 Å². The Bertz CT molecular complexity index is 232. The van der Waals surface area contributed by atoms with Gasteiger partial charge in [0.2, 0.25) is 5.91 Å². The Hall–Kier alpha value is -0.610. The van der Waals surface area contributed by atoms with Crippen molar-refractivity contribution in [3.63, 3.8) is 0 Å². The Kier molecular flexibility index (Phi) is 4.74. The zero-order valence-electron chi connectivity index (χ0n) is 10.6. The Labute approximate surface area is 98.0 Å². The molecular formula is C12H24N2O2. The Morgan fingerprint density at radius 1 is 1.44 bits per heavy atom. The minimum atomic E-state index is 0.0572. The normalized spacial score (nSPS) is 16.2. The summed E-state index contributed by atoms with van der Waals surface area (Å²) in [6.07, 6.45) is 2.71. The molecule has 4 heteroatoms. The summed E-state index contributed by atoms with van der Waals surface area (Å²) >= 11 is 0. The summed E-state index contributed by atoms with van der Waals surface area (Å²) in [6, 6.07) is 0.397. The zero-order chi connectivity index (χ0) is 12.2. The molecule has 2 N–H and O–H groups in total. The summed E-state index contributed by atoms with van der Waals surface area (Å²) < 4.78 is 0. The Morgan fingerprint density at radius 3 is 2.50 bits per heavy atom. The molecule has 4 nitrogen and oxygen atoms in total. The van der Waals surface area contributed by atoms with Crippen molar-refractivity contribution in [1.29, 1.82) is 0 Å². The van der Waals surface area contributed by atoms with Gasteiger partial charge in [-0.1, -0.05) is 0 Å². The van der Waals surface area contributed by atoms with Crippen molar-refractivity contribution >= 4 is 5.91 Å². The molecule has 1 aliphatic rings. The van der Waals surface area contributed by atoms with Gasteiger partial charge < -0.3 is 15.3 Å². The first kappa shape index (κ1) is 13.5. The van der Waals surface area contributed by atoms with E-state index in [9.17, 15) is 4.79 Å². The van der Waals surface area contributed by atoms with Gasteiger partial charge in [0.15, 0.2) is 0 Å². The van der Waals surface area contributed by atoms with E-state index in [1.54, 1.807) is 0 Å². The predicted molar refractivity (Wildman–Crippen MR) is 64.2 cm³/mol. The Morgan fingerprint density at radius 2 is 2.06 bits per heavy atom. The van der Waals surface area contributed by atoms with Crippen molar-refractivity contribution in [1.82, 2.24) is 10.2 Å². The van der Waals surface area contributed by atoms with Crippen LogP contribution in [0.15, 0.2) is 0 Å². The predicted octanol–water partition coefficient (Wildman–Crippen LogP) is 0.748. The lowest BCUT2D eigenvalue weighted by molar-refractivity contribution is -0.132. The molecule has 1 amide bonds. The molecule has 1 fully saturated rings. The largest absolute Gasteiger partial charge is 0.395 e. The first-order valence-electron chi connectivity index (χ1n) is 6.09. The summed E-state index contributed by atoms with van der Waals surface area (Å²) in [7, 11) is 0. The highest BCUT2D eigenvalue weighted by molar-refractivity contribution is 5.77. The van der Waals surface area contributed by atoms with E-state index in [4.69, 9.17) is 5.11 Å². The molecule has 1 saturated carbocycles. The average Bonchev–Trinajstić information content (AvgIpc) is 2.95. The van der Waals surface area contributed by atoms with Crippen molar-refractivity contribution < 1.29 is 9.90 Å². The van der Waals surface area contributed by atoms with E-state index in [0.29, 0.717) is 25.6 Å². The molecular weight excluding hydrogens is 204 g/mol. The molecule has 16 heavy (non-hydrogen) atoms. The van der Waals surface area contributed by atoms with Crippen LogP contribution >= 0.6 is 0 Å². The van der Waals surface area contributed by atoms with Crippen molar-refractivity contribution in [2.45, 2.75) is 51.6 Å². The molecule has 0 heterocycles. The van der Waals surface area contributed by atoms with Crippen molar-refractivity contribution in [2.75, 3.05) is 19.7 Å². The summed E-state index contributed by atoms with van der Waals surface area (Å²) in [5.74, 6) is 0.160. The quantitative estimate of drug-likeness (QED) is 0.705. The monoisotopic (exact) mass is 228 g/mol. The van der Waals surface area contributed by atoms with Gasteiger partial charge in [-0.2, -0.15) is 0 Å². The van der Waals surface area contributed by atoms with Gasteiger partial charge in [0.25, 0.3) is 0 Å². The smallest absolute Gasteiger partial charge is 0.224 e. The van der Waals surface area contributed by atoms with E-state index < -0.39 is 0 Å². The molecule has 0 aromatic heterocycles. The maximum atomic E-state index is 11.9. The molecule has 0 saturated heterocycles. The third-order valence-corrected chi connectivity index (χ3v) is 2.64. The van der Waals surface area contributed by atoms with Gasteiger partial charge in [-0.15, -0.1) is 0 Å². The maximum absolute atomic E-state index is 11.9. The maximum Gasteiger partial charge on any atom is 0.224 e. The molecule has 0 spiro atoms. The fraction of sp³-hybridized carbons (Fsp3) is 0.917. The van der Waals surface area contributed by atoms with Crippen LogP contribution in [0.1, 0.15) is 40.0 Å². The van der Waals surface area contributed by atoms with E-state index >= 15 is 0 Å². The second-order valence-corrected chi connectivity index (χ2v) is 5.47. The molecule has 0 bridgehead atoms. The van der Waals surface area contributed by atoms with Gasteiger partial charge in [-0.05, 0) is 33.6 Å². The second kappa shape index (κ2) is 5.64. The minimum Gasteiger partial charge on any atom is -0.395 e. The molecule has 1 rings (SSSR count). The number of carbonyl (C=O) groups is 1. The number of hydrogen-bond donors (Lipinski definition) is 2. The fourth-order valence-corrected chi connectivity index (χ4v) is 1.69. The molecule has 0 aromatic rings. The number of amides is 1. The highest BCUT2D eigenvalue weighted by Gasteiger charge is 2.31. The van der Waals surface area contributed by atoms with Crippen LogP contribution in [0.5, 0.6) is 0 Å². The first-order valence-corrected chi connectivity index (χ1v) is 6.09. The lowest BCUT2D eigenvalue weighted by atomic mass is 10.1. The summed E-state index contributed by atoms with van der Waals surface area (Å²) in [4.78, 5) is 13.7. The van der Waals surface area contributed by atoms with Crippen LogP contribution in [0.4, 0.5) is 0 Å². The molecule has 0 atom stereocenters. The first-order chi connectivity index (χ1) is 7.44. The van der Waals surface area contributed by atoms with E-state index in [0.717, 1.165) is 12.8 Å². The van der Waals surface area contributed by atoms with E-state index in [2.05, 4.69) is 26.1 Å². The number of hydrogen-bond acceptors (Lipinski definition) is 3. The highest BCUT2D eigenvalue weighted by Crippen LogP contribution is 2.26. The third-order valence-electron chi connectivity index (χ3n) is 2.64. The van der Waals surface area contributed by atoms with Crippen molar-refractivity contribution in [3.8, 4) is 0 Å². The molecule has 0 aromatic carbocycles. The van der Waals surface area contributed by atoms with Gasteiger partial charge >= 0.3 is 0 Å². The fourth-order valence-electron chi connectivity index (χ4n) is 1.69. The zero-order valence-corrected chi connectivity index (χ0v) is 10.6. The average molecular weight is 228 g/mol. The van der Waals surface area contributed by atoms with Crippen molar-refractivity contribution in [2.24, 2.45) is 0 Å². The van der Waals surface area contributed by atoms with Crippen molar-refractivity contribution in [3.05, 3.63) is 0 Å². The van der Waals surface area contributed by atoms with Crippen LogP contribution in [-0.4, -0.2) is 47.2 Å². The highest BCUT2D eigenvalue weighted by atomic mass is 16.3. The van der Waals surface area contributed by atoms with Crippen LogP contribution < -0.4 is 5.32 Å². The van der Waals surface area contributed by atoms with E-state index in [-0.39, 0.29) is 18.1 Å². The second-order valence-electron chi connectivity index (χ2n) is 5.47. The standard InChI is InChI=1S/C12H24N2O2/c1-12(2,3)13-7-6-11(16)14(8-9-15)10-4-5-10/h10,13,15H,4-9H2,1-3H3. The van der Waals surface area contributed by atoms with Crippen LogP contribution in [0, 0.1) is 0 Å². The number of nitrogens with one attached hydrogen (secondary N) is 1. The lowest BCUT2D eigenvalue weighted by Crippen LogP contribution is -2.41. The topological polar surface area (TPSA) is 52.6 Å². The van der Waals surface area contributed by atoms with Crippen LogP contribution in [0.3, 0.4) is 0 Å². The number of nitrogens with zero attached hydrogens (tertiary/aromatic N) is 1. The van der Waals surface area contributed by atoms with Gasteiger partial charge in [-0.3, -0.25) is 4.79 Å². The number of rotatable bonds is 6. The van der Waals surface area contributed by atoms with E-state index in [1.807, 2.05) is 4.90 Å². The molecule has 0 aliphatic heterocycles. The van der Waals surface area contributed by atoms with Crippen LogP contribution in [0.25, 0.3) is 0 Å². The number of aliphatic hydroxyl groups excluding tert-OH is 1. The third kappa shape index (κ3) is 4.94. The SMILES string of the molecule is CC(C)(C)NCCC(=O)N(CCO)C1CC1. The van der Waals surface area contributed by atoms with E-state index in [1.165, 1.54) is 0 Å². The van der Waals surface area contributed by atoms with Crippen LogP contribution in [-0.2, 0) is 4.79 Å². The summed E-state index contributed by atoms with van der Waals surface area (Å²) in [5, 5.41) is 12.2. The summed E-state index contributed by atoms with van der Waals surface area (Å²) in [5.41, 5.74) is 0.0572. The van der Waals surface area contributed by atoms with Crippen LogP contribution in [0.2, 0.25) is 0 Å². The molecule has 0 unspecified atom stereocenters. The lowest BCUT2D eigenvalue weighted by Gasteiger charge is -2.24. The van der Waals surface area contributed by atoms with Gasteiger partial charge in [-0.25, -0.2) is 0 Å². The van der Waals surface area contributed by atoms with Gasteiger partial charge in [0.1, 0.15) is 0 Å².